The minimum absolute atomic E-state index is 0.401. The van der Waals surface area contributed by atoms with Gasteiger partial charge in [-0.15, -0.1) is 0 Å². The predicted molar refractivity (Wildman–Crippen MR) is 58.2 cm³/mol. The van der Waals surface area contributed by atoms with Crippen LogP contribution in [0.25, 0.3) is 0 Å². The normalized spacial score (nSPS) is 12.6. The summed E-state index contributed by atoms with van der Waals surface area (Å²) in [5, 5.41) is 3.25. The topological polar surface area (TPSA) is 15.3 Å². The largest absolute Gasteiger partial charge is 0.377 e. The molecule has 1 N–H and O–H groups in total. The average molecular weight is 178 g/mol. The van der Waals surface area contributed by atoms with Crippen LogP contribution in [0, 0.1) is 0 Å². The Morgan fingerprint density at radius 2 is 1.85 bits per heavy atom. The highest BCUT2D eigenvalue weighted by Gasteiger charge is 2.08. The van der Waals surface area contributed by atoms with Crippen molar-refractivity contribution in [3.63, 3.8) is 0 Å². The molecular formula is C11H18N2. The van der Waals surface area contributed by atoms with Gasteiger partial charge in [0.2, 0.25) is 0 Å². The molecule has 0 saturated heterocycles. The van der Waals surface area contributed by atoms with Crippen LogP contribution in [0.4, 0.5) is 5.69 Å². The van der Waals surface area contributed by atoms with Gasteiger partial charge in [-0.3, -0.25) is 0 Å². The first kappa shape index (κ1) is 10.1. The highest BCUT2D eigenvalue weighted by Crippen LogP contribution is 2.23. The number of hydrogen-bond acceptors (Lipinski definition) is 2. The van der Waals surface area contributed by atoms with Crippen LogP contribution in [0.2, 0.25) is 0 Å². The first-order valence-electron chi connectivity index (χ1n) is 4.60. The number of nitrogens with one attached hydrogen (secondary N) is 1. The fourth-order valence-electron chi connectivity index (χ4n) is 1.42. The van der Waals surface area contributed by atoms with Crippen LogP contribution in [0.1, 0.15) is 18.5 Å². The predicted octanol–water partition coefficient (Wildman–Crippen LogP) is 2.03. The van der Waals surface area contributed by atoms with Gasteiger partial charge in [0.05, 0.1) is 0 Å². The van der Waals surface area contributed by atoms with Gasteiger partial charge in [0.25, 0.3) is 0 Å². The summed E-state index contributed by atoms with van der Waals surface area (Å²) in [7, 11) is 6.12. The van der Waals surface area contributed by atoms with Crippen LogP contribution in [-0.4, -0.2) is 21.1 Å². The Morgan fingerprint density at radius 1 is 1.23 bits per heavy atom. The lowest BCUT2D eigenvalue weighted by Crippen LogP contribution is -2.18. The summed E-state index contributed by atoms with van der Waals surface area (Å²) in [4.78, 5) is 2.14. The highest BCUT2D eigenvalue weighted by atomic mass is 15.1. The van der Waals surface area contributed by atoms with Crippen LogP contribution in [0.5, 0.6) is 0 Å². The lowest BCUT2D eigenvalue weighted by atomic mass is 10.1. The van der Waals surface area contributed by atoms with Gasteiger partial charge in [-0.05, 0) is 25.6 Å². The summed E-state index contributed by atoms with van der Waals surface area (Å²) in [6.45, 7) is 2.17. The molecule has 1 aromatic carbocycles. The van der Waals surface area contributed by atoms with Crippen molar-refractivity contribution < 1.29 is 0 Å². The number of benzene rings is 1. The smallest absolute Gasteiger partial charge is 0.0409 e. The third kappa shape index (κ3) is 2.22. The van der Waals surface area contributed by atoms with Gasteiger partial charge in [-0.2, -0.15) is 0 Å². The third-order valence-corrected chi connectivity index (χ3v) is 2.32. The molecule has 0 aromatic heterocycles. The Bertz CT molecular complexity index is 269. The van der Waals surface area contributed by atoms with Crippen molar-refractivity contribution >= 4 is 5.69 Å². The van der Waals surface area contributed by atoms with Crippen LogP contribution < -0.4 is 10.2 Å². The maximum absolute atomic E-state index is 3.25. The molecule has 2 nitrogen and oxygen atoms in total. The molecule has 0 bridgehead atoms. The molecule has 0 unspecified atom stereocenters. The standard InChI is InChI=1S/C11H18N2/c1-9(12-2)10-7-5-6-8-11(10)13(3)4/h5-9,12H,1-4H3/t9-/m1/s1. The molecule has 0 aliphatic carbocycles. The highest BCUT2D eigenvalue weighted by molar-refractivity contribution is 5.53. The van der Waals surface area contributed by atoms with E-state index in [1.807, 2.05) is 7.05 Å². The molecule has 13 heavy (non-hydrogen) atoms. The lowest BCUT2D eigenvalue weighted by molar-refractivity contribution is 0.651. The molecule has 1 aromatic rings. The maximum atomic E-state index is 3.25. The average Bonchev–Trinajstić information content (AvgIpc) is 2.16. The van der Waals surface area contributed by atoms with Crippen LogP contribution in [0.3, 0.4) is 0 Å². The van der Waals surface area contributed by atoms with E-state index in [9.17, 15) is 0 Å². The second-order valence-electron chi connectivity index (χ2n) is 3.46. The monoisotopic (exact) mass is 178 g/mol. The van der Waals surface area contributed by atoms with Gasteiger partial charge in [-0.25, -0.2) is 0 Å². The molecule has 2 heteroatoms. The number of nitrogens with zero attached hydrogens (tertiary/aromatic N) is 1. The number of anilines is 1. The van der Waals surface area contributed by atoms with Gasteiger partial charge in [0.1, 0.15) is 0 Å². The Labute approximate surface area is 80.6 Å². The Hall–Kier alpha value is -1.02. The van der Waals surface area contributed by atoms with Gasteiger partial charge < -0.3 is 10.2 Å². The molecule has 0 amide bonds. The maximum Gasteiger partial charge on any atom is 0.0409 e. The minimum atomic E-state index is 0.401. The van der Waals surface area contributed by atoms with Crippen LogP contribution >= 0.6 is 0 Å². The second kappa shape index (κ2) is 4.28. The molecule has 1 atom stereocenters. The van der Waals surface area contributed by atoms with Crippen LogP contribution in [0.15, 0.2) is 24.3 Å². The molecule has 0 aliphatic heterocycles. The van der Waals surface area contributed by atoms with Crippen LogP contribution in [-0.2, 0) is 0 Å². The molecule has 1 rings (SSSR count). The molecule has 0 aliphatic rings. The second-order valence-corrected chi connectivity index (χ2v) is 3.46. The number of rotatable bonds is 3. The van der Waals surface area contributed by atoms with Crippen molar-refractivity contribution in [2.75, 3.05) is 26.0 Å². The van der Waals surface area contributed by atoms with Gasteiger partial charge >= 0.3 is 0 Å². The summed E-state index contributed by atoms with van der Waals surface area (Å²) >= 11 is 0. The zero-order valence-corrected chi connectivity index (χ0v) is 8.83. The minimum Gasteiger partial charge on any atom is -0.377 e. The van der Waals surface area contributed by atoms with Crippen molar-refractivity contribution in [1.29, 1.82) is 0 Å². The number of hydrogen-bond donors (Lipinski definition) is 1. The zero-order chi connectivity index (χ0) is 9.84. The van der Waals surface area contributed by atoms with E-state index < -0.39 is 0 Å². The van der Waals surface area contributed by atoms with Gasteiger partial charge in [-0.1, -0.05) is 18.2 Å². The van der Waals surface area contributed by atoms with E-state index in [0.29, 0.717) is 6.04 Å². The molecule has 0 spiro atoms. The molecule has 0 heterocycles. The SMILES string of the molecule is CN[C@H](C)c1ccccc1N(C)C. The Balaban J connectivity index is 3.04. The first-order valence-corrected chi connectivity index (χ1v) is 4.60. The van der Waals surface area contributed by atoms with E-state index in [4.69, 9.17) is 0 Å². The van der Waals surface area contributed by atoms with Gasteiger partial charge in [0.15, 0.2) is 0 Å². The summed E-state index contributed by atoms with van der Waals surface area (Å²) in [5.74, 6) is 0. The Kier molecular flexibility index (Phi) is 3.32. The van der Waals surface area contributed by atoms with E-state index in [2.05, 4.69) is 55.5 Å². The molecule has 0 saturated carbocycles. The zero-order valence-electron chi connectivity index (χ0n) is 8.83. The summed E-state index contributed by atoms with van der Waals surface area (Å²) < 4.78 is 0. The quantitative estimate of drug-likeness (QED) is 0.762. The summed E-state index contributed by atoms with van der Waals surface area (Å²) in [6.07, 6.45) is 0. The van der Waals surface area contributed by atoms with Crippen molar-refractivity contribution in [1.82, 2.24) is 5.32 Å². The van der Waals surface area contributed by atoms with E-state index in [-0.39, 0.29) is 0 Å². The lowest BCUT2D eigenvalue weighted by Gasteiger charge is -2.21. The van der Waals surface area contributed by atoms with E-state index in [0.717, 1.165) is 0 Å². The van der Waals surface area contributed by atoms with Crippen molar-refractivity contribution in [3.05, 3.63) is 29.8 Å². The third-order valence-electron chi connectivity index (χ3n) is 2.32. The number of para-hydroxylation sites is 1. The van der Waals surface area contributed by atoms with Crippen molar-refractivity contribution in [2.45, 2.75) is 13.0 Å². The summed E-state index contributed by atoms with van der Waals surface area (Å²) in [5.41, 5.74) is 2.62. The molecule has 0 radical (unpaired) electrons. The first-order chi connectivity index (χ1) is 6.16. The van der Waals surface area contributed by atoms with Gasteiger partial charge in [0, 0.05) is 25.8 Å². The molecule has 0 fully saturated rings. The molecule has 72 valence electrons. The van der Waals surface area contributed by atoms with E-state index >= 15 is 0 Å². The van der Waals surface area contributed by atoms with Crippen molar-refractivity contribution in [2.24, 2.45) is 0 Å². The van der Waals surface area contributed by atoms with E-state index in [1.54, 1.807) is 0 Å². The van der Waals surface area contributed by atoms with Crippen molar-refractivity contribution in [3.8, 4) is 0 Å². The summed E-state index contributed by atoms with van der Waals surface area (Å²) in [6, 6.07) is 8.86. The fraction of sp³-hybridized carbons (Fsp3) is 0.455. The van der Waals surface area contributed by atoms with E-state index in [1.165, 1.54) is 11.3 Å². The molecular weight excluding hydrogens is 160 g/mol. The Morgan fingerprint density at radius 3 is 2.38 bits per heavy atom. The fourth-order valence-corrected chi connectivity index (χ4v) is 1.42.